The van der Waals surface area contributed by atoms with Crippen molar-refractivity contribution in [3.63, 3.8) is 0 Å². The summed E-state index contributed by atoms with van der Waals surface area (Å²) in [7, 11) is 0. The number of aliphatic hydroxyl groups is 1. The predicted octanol–water partition coefficient (Wildman–Crippen LogP) is 3.90. The molecule has 182 valence electrons. The highest BCUT2D eigenvalue weighted by Gasteiger charge is 2.32. The van der Waals surface area contributed by atoms with Crippen molar-refractivity contribution < 1.29 is 14.3 Å². The predicted molar refractivity (Wildman–Crippen MR) is 131 cm³/mol. The van der Waals surface area contributed by atoms with Gasteiger partial charge in [-0.2, -0.15) is 0 Å². The second kappa shape index (κ2) is 9.07. The molecule has 3 aromatic heterocycles. The number of nitrogens with one attached hydrogen (secondary N) is 2. The second-order valence-corrected chi connectivity index (χ2v) is 9.54. The molecule has 1 aromatic carbocycles. The van der Waals surface area contributed by atoms with Crippen molar-refractivity contribution in [2.45, 2.75) is 52.2 Å². The Morgan fingerprint density at radius 1 is 1.17 bits per heavy atom. The number of hydrogen-bond donors (Lipinski definition) is 3. The molecule has 0 aliphatic carbocycles. The van der Waals surface area contributed by atoms with Crippen molar-refractivity contribution in [2.24, 2.45) is 0 Å². The molecule has 0 spiro atoms. The summed E-state index contributed by atoms with van der Waals surface area (Å²) in [6.07, 6.45) is 3.19. The van der Waals surface area contributed by atoms with Crippen LogP contribution in [0.15, 0.2) is 53.6 Å². The van der Waals surface area contributed by atoms with Crippen LogP contribution in [0.25, 0.3) is 17.0 Å². The molecule has 0 radical (unpaired) electrons. The minimum atomic E-state index is -1.34. The topological polar surface area (TPSA) is 112 Å². The molecule has 3 N–H and O–H groups in total. The highest BCUT2D eigenvalue weighted by atomic mass is 19.1. The van der Waals surface area contributed by atoms with E-state index in [4.69, 9.17) is 0 Å². The first kappa shape index (κ1) is 24.3. The van der Waals surface area contributed by atoms with Gasteiger partial charge >= 0.3 is 0 Å². The Morgan fingerprint density at radius 3 is 2.43 bits per heavy atom. The molecule has 1 amide bonds. The van der Waals surface area contributed by atoms with Crippen LogP contribution in [-0.4, -0.2) is 36.2 Å². The van der Waals surface area contributed by atoms with Gasteiger partial charge in [-0.15, -0.1) is 5.10 Å². The summed E-state index contributed by atoms with van der Waals surface area (Å²) in [5.41, 5.74) is 1.35. The zero-order valence-corrected chi connectivity index (χ0v) is 20.3. The molecule has 8 nitrogen and oxygen atoms in total. The lowest BCUT2D eigenvalue weighted by atomic mass is 9.91. The molecule has 35 heavy (non-hydrogen) atoms. The van der Waals surface area contributed by atoms with Crippen LogP contribution in [0.1, 0.15) is 66.7 Å². The molecular formula is C26H28FN5O3. The number of nitrogens with zero attached hydrogens (tertiary/aromatic N) is 3. The normalized spacial score (nSPS) is 12.8. The molecule has 0 saturated carbocycles. The van der Waals surface area contributed by atoms with E-state index in [9.17, 15) is 19.1 Å². The van der Waals surface area contributed by atoms with Gasteiger partial charge in [0.1, 0.15) is 17.0 Å². The van der Waals surface area contributed by atoms with Crippen LogP contribution >= 0.6 is 0 Å². The van der Waals surface area contributed by atoms with Gasteiger partial charge in [0.05, 0.1) is 17.2 Å². The van der Waals surface area contributed by atoms with E-state index in [1.54, 1.807) is 26.1 Å². The summed E-state index contributed by atoms with van der Waals surface area (Å²) in [6.45, 7) is 8.81. The molecule has 0 aliphatic heterocycles. The average molecular weight is 478 g/mol. The Bertz CT molecular complexity index is 1430. The van der Waals surface area contributed by atoms with Crippen molar-refractivity contribution >= 4 is 11.4 Å². The van der Waals surface area contributed by atoms with Gasteiger partial charge in [0.15, 0.2) is 5.82 Å². The summed E-state index contributed by atoms with van der Waals surface area (Å²) >= 11 is 0. The molecule has 4 rings (SSSR count). The highest BCUT2D eigenvalue weighted by Crippen LogP contribution is 2.29. The van der Waals surface area contributed by atoms with Crippen LogP contribution in [0.4, 0.5) is 4.39 Å². The minimum absolute atomic E-state index is 0.168. The van der Waals surface area contributed by atoms with E-state index in [0.717, 1.165) is 5.56 Å². The van der Waals surface area contributed by atoms with Gasteiger partial charge < -0.3 is 15.4 Å². The zero-order chi connectivity index (χ0) is 25.5. The van der Waals surface area contributed by atoms with Crippen molar-refractivity contribution in [3.8, 4) is 11.5 Å². The molecule has 0 bridgehead atoms. The minimum Gasteiger partial charge on any atom is -0.388 e. The van der Waals surface area contributed by atoms with E-state index in [1.165, 1.54) is 35.0 Å². The summed E-state index contributed by atoms with van der Waals surface area (Å²) in [5, 5.41) is 18.1. The molecule has 9 heteroatoms. The van der Waals surface area contributed by atoms with E-state index in [1.807, 2.05) is 26.8 Å². The summed E-state index contributed by atoms with van der Waals surface area (Å²) in [5.74, 6) is -0.788. The van der Waals surface area contributed by atoms with E-state index in [0.29, 0.717) is 16.8 Å². The fraction of sp³-hybridized carbons (Fsp3) is 0.308. The van der Waals surface area contributed by atoms with E-state index in [2.05, 4.69) is 20.4 Å². The van der Waals surface area contributed by atoms with Crippen molar-refractivity contribution in [1.82, 2.24) is 24.9 Å². The molecule has 1 atom stereocenters. The maximum absolute atomic E-state index is 13.5. The number of hydrogen-bond acceptors (Lipinski definition) is 5. The number of halogens is 1. The van der Waals surface area contributed by atoms with E-state index >= 15 is 0 Å². The molecule has 4 aromatic rings. The number of fused-ring (bicyclic) bond motifs is 1. The number of amides is 1. The monoisotopic (exact) mass is 477 g/mol. The van der Waals surface area contributed by atoms with Crippen LogP contribution in [0.2, 0.25) is 0 Å². The number of aromatic nitrogens is 4. The van der Waals surface area contributed by atoms with Crippen LogP contribution in [0, 0.1) is 12.7 Å². The lowest BCUT2D eigenvalue weighted by Crippen LogP contribution is -2.42. The number of pyridine rings is 1. The quantitative estimate of drug-likeness (QED) is 0.390. The van der Waals surface area contributed by atoms with Gasteiger partial charge in [-0.3, -0.25) is 14.6 Å². The first-order valence-electron chi connectivity index (χ1n) is 11.3. The molecule has 0 fully saturated rings. The van der Waals surface area contributed by atoms with Gasteiger partial charge in [0, 0.05) is 18.0 Å². The maximum Gasteiger partial charge on any atom is 0.275 e. The second-order valence-electron chi connectivity index (χ2n) is 9.54. The van der Waals surface area contributed by atoms with Gasteiger partial charge in [-0.05, 0) is 56.0 Å². The van der Waals surface area contributed by atoms with Crippen molar-refractivity contribution in [2.75, 3.05) is 0 Å². The Morgan fingerprint density at radius 2 is 1.86 bits per heavy atom. The number of benzene rings is 1. The van der Waals surface area contributed by atoms with Crippen LogP contribution in [0.5, 0.6) is 0 Å². The summed E-state index contributed by atoms with van der Waals surface area (Å²) < 4.78 is 14.9. The first-order chi connectivity index (χ1) is 16.5. The average Bonchev–Trinajstić information content (AvgIpc) is 3.18. The number of carbonyl (C=O) groups is 1. The van der Waals surface area contributed by atoms with Crippen molar-refractivity contribution in [1.29, 1.82) is 0 Å². The third kappa shape index (κ3) is 4.85. The third-order valence-corrected chi connectivity index (χ3v) is 5.84. The van der Waals surface area contributed by atoms with Gasteiger partial charge in [-0.1, -0.05) is 32.0 Å². The van der Waals surface area contributed by atoms with Gasteiger partial charge in [0.25, 0.3) is 11.5 Å². The van der Waals surface area contributed by atoms with E-state index < -0.39 is 28.9 Å². The Hall–Kier alpha value is -3.85. The summed E-state index contributed by atoms with van der Waals surface area (Å²) in [4.78, 5) is 33.7. The molecular weight excluding hydrogens is 449 g/mol. The lowest BCUT2D eigenvalue weighted by molar-refractivity contribution is 0.0343. The van der Waals surface area contributed by atoms with Gasteiger partial charge in [0.2, 0.25) is 0 Å². The largest absolute Gasteiger partial charge is 0.388 e. The molecule has 0 unspecified atom stereocenters. The number of rotatable bonds is 6. The number of aryl methyl sites for hydroxylation is 1. The number of aromatic amines is 1. The molecule has 3 heterocycles. The first-order valence-corrected chi connectivity index (χ1v) is 11.3. The van der Waals surface area contributed by atoms with Crippen LogP contribution in [-0.2, 0) is 0 Å². The maximum atomic E-state index is 13.5. The third-order valence-electron chi connectivity index (χ3n) is 5.84. The lowest BCUT2D eigenvalue weighted by Gasteiger charge is -2.30. The standard InChI is InChI=1S/C26H28FN5O3/c1-14(2)20-18(24(33)29-22(26(4,5)35)16-7-9-17(27)10-8-16)13-32-21(20)25(34)30-23(31-32)19-11-6-15(3)12-28-19/h6-14,22,35H,1-5H3,(H,29,33)(H,30,31,34)/t22-/m0/s1. The Labute approximate surface area is 201 Å². The smallest absolute Gasteiger partial charge is 0.275 e. The number of carbonyl (C=O) groups excluding carboxylic acids is 1. The molecule has 0 saturated heterocycles. The molecule has 0 aliphatic rings. The Balaban J connectivity index is 1.79. The van der Waals surface area contributed by atoms with Crippen molar-refractivity contribution in [3.05, 3.63) is 87.2 Å². The number of H-pyrrole nitrogens is 1. The SMILES string of the molecule is Cc1ccc(-c2nn3cc(C(=O)N[C@@H](c4ccc(F)cc4)C(C)(C)O)c(C(C)C)c3c(=O)[nH]2)nc1. The zero-order valence-electron chi connectivity index (χ0n) is 20.3. The van der Waals surface area contributed by atoms with Crippen LogP contribution < -0.4 is 10.9 Å². The Kier molecular flexibility index (Phi) is 6.29. The summed E-state index contributed by atoms with van der Waals surface area (Å²) in [6, 6.07) is 8.39. The highest BCUT2D eigenvalue weighted by molar-refractivity contribution is 5.98. The van der Waals surface area contributed by atoms with Crippen LogP contribution in [0.3, 0.4) is 0 Å². The van der Waals surface area contributed by atoms with Gasteiger partial charge in [-0.25, -0.2) is 8.91 Å². The fourth-order valence-electron chi connectivity index (χ4n) is 4.13. The van der Waals surface area contributed by atoms with E-state index in [-0.39, 0.29) is 22.8 Å². The fourth-order valence-corrected chi connectivity index (χ4v) is 4.13.